The van der Waals surface area contributed by atoms with E-state index in [1.54, 1.807) is 17.0 Å². The van der Waals surface area contributed by atoms with Crippen LogP contribution in [0.25, 0.3) is 11.1 Å². The molecule has 2 aromatic rings. The Labute approximate surface area is 139 Å². The maximum atomic E-state index is 12.0. The number of nitrogens with two attached hydrogens (primary N) is 1. The maximum absolute atomic E-state index is 12.0. The van der Waals surface area contributed by atoms with Gasteiger partial charge in [0.25, 0.3) is 0 Å². The van der Waals surface area contributed by atoms with Gasteiger partial charge >= 0.3 is 6.09 Å². The van der Waals surface area contributed by atoms with Crippen molar-refractivity contribution in [2.45, 2.75) is 18.9 Å². The zero-order chi connectivity index (χ0) is 16.7. The summed E-state index contributed by atoms with van der Waals surface area (Å²) in [6.45, 7) is 0.658. The number of ether oxygens (including phenoxy) is 2. The molecule has 2 atom stereocenters. The van der Waals surface area contributed by atoms with Gasteiger partial charge in [0, 0.05) is 12.1 Å². The average Bonchev–Trinajstić information content (AvgIpc) is 2.95. The lowest BCUT2D eigenvalue weighted by Gasteiger charge is -2.31. The molecule has 4 rings (SSSR count). The number of cyclic esters (lactones) is 1. The number of nitrogens with zero attached hydrogens (tertiary/aromatic N) is 2. The maximum Gasteiger partial charge on any atom is 0.413 e. The number of hydrogen-bond donors (Lipinski definition) is 1. The summed E-state index contributed by atoms with van der Waals surface area (Å²) >= 11 is 0. The fraction of sp³-hybridized carbons (Fsp3) is 0.222. The molecule has 24 heavy (non-hydrogen) atoms. The normalized spacial score (nSPS) is 21.3. The average molecular weight is 321 g/mol. The molecule has 2 aliphatic rings. The van der Waals surface area contributed by atoms with E-state index in [0.29, 0.717) is 12.1 Å². The summed E-state index contributed by atoms with van der Waals surface area (Å²) in [7, 11) is 0. The molecule has 0 bridgehead atoms. The summed E-state index contributed by atoms with van der Waals surface area (Å²) in [5, 5.41) is 8.89. The third kappa shape index (κ3) is 2.27. The van der Waals surface area contributed by atoms with Gasteiger partial charge in [0.05, 0.1) is 18.2 Å². The lowest BCUT2D eigenvalue weighted by atomic mass is 10.0. The van der Waals surface area contributed by atoms with Crippen LogP contribution in [0.15, 0.2) is 42.5 Å². The highest BCUT2D eigenvalue weighted by molar-refractivity contribution is 5.72. The fourth-order valence-electron chi connectivity index (χ4n) is 3.07. The molecule has 0 unspecified atom stereocenters. The second-order valence-corrected chi connectivity index (χ2v) is 5.81. The van der Waals surface area contributed by atoms with E-state index in [4.69, 9.17) is 20.5 Å². The van der Waals surface area contributed by atoms with Crippen LogP contribution in [0.5, 0.6) is 5.75 Å². The van der Waals surface area contributed by atoms with Crippen LogP contribution in [0.4, 0.5) is 4.79 Å². The van der Waals surface area contributed by atoms with Crippen LogP contribution < -0.4 is 10.5 Å². The third-order valence-corrected chi connectivity index (χ3v) is 4.34. The molecule has 2 heterocycles. The van der Waals surface area contributed by atoms with Crippen molar-refractivity contribution in [2.75, 3.05) is 6.54 Å². The predicted octanol–water partition coefficient (Wildman–Crippen LogP) is 2.22. The van der Waals surface area contributed by atoms with E-state index in [2.05, 4.69) is 6.07 Å². The molecule has 2 N–H and O–H groups in total. The van der Waals surface area contributed by atoms with E-state index < -0.39 is 18.4 Å². The van der Waals surface area contributed by atoms with E-state index in [9.17, 15) is 4.79 Å². The lowest BCUT2D eigenvalue weighted by molar-refractivity contribution is 0.0221. The van der Waals surface area contributed by atoms with Crippen LogP contribution in [0.3, 0.4) is 0 Å². The van der Waals surface area contributed by atoms with Gasteiger partial charge in [-0.1, -0.05) is 18.2 Å². The molecule has 0 aliphatic carbocycles. The van der Waals surface area contributed by atoms with E-state index >= 15 is 0 Å². The topological polar surface area (TPSA) is 88.6 Å². The fourth-order valence-corrected chi connectivity index (χ4v) is 3.07. The Morgan fingerprint density at radius 3 is 2.62 bits per heavy atom. The van der Waals surface area contributed by atoms with Gasteiger partial charge in [-0.25, -0.2) is 4.79 Å². The first-order chi connectivity index (χ1) is 11.7. The quantitative estimate of drug-likeness (QED) is 0.916. The Morgan fingerprint density at radius 1 is 1.17 bits per heavy atom. The van der Waals surface area contributed by atoms with Gasteiger partial charge in [-0.05, 0) is 35.4 Å². The first kappa shape index (κ1) is 14.5. The van der Waals surface area contributed by atoms with Gasteiger partial charge < -0.3 is 15.2 Å². The SMILES string of the molecule is N#Cc1ccc(-c2ccc3c(c2)CN2C(=O)O[C@@H](CN)[C@@H]2O3)cc1. The van der Waals surface area contributed by atoms with E-state index in [1.807, 2.05) is 30.3 Å². The van der Waals surface area contributed by atoms with E-state index in [0.717, 1.165) is 22.4 Å². The number of hydrogen-bond acceptors (Lipinski definition) is 5. The standard InChI is InChI=1S/C18H15N3O3/c19-8-11-1-3-12(4-2-11)13-5-6-15-14(7-13)10-21-17(23-15)16(9-20)24-18(21)22/h1-7,16-17H,9-10,20H2/t16-,17-/m0/s1. The van der Waals surface area contributed by atoms with Crippen LogP contribution in [0.2, 0.25) is 0 Å². The van der Waals surface area contributed by atoms with Crippen molar-refractivity contribution >= 4 is 6.09 Å². The smallest absolute Gasteiger partial charge is 0.413 e. The number of nitriles is 1. The van der Waals surface area contributed by atoms with Crippen molar-refractivity contribution in [1.82, 2.24) is 4.90 Å². The van der Waals surface area contributed by atoms with Crippen LogP contribution in [0, 0.1) is 11.3 Å². The Bertz CT molecular complexity index is 842. The second kappa shape index (κ2) is 5.55. The molecule has 1 fully saturated rings. The van der Waals surface area contributed by atoms with Gasteiger partial charge in [0.2, 0.25) is 6.23 Å². The van der Waals surface area contributed by atoms with Crippen molar-refractivity contribution in [1.29, 1.82) is 5.26 Å². The second-order valence-electron chi connectivity index (χ2n) is 5.81. The van der Waals surface area contributed by atoms with Gasteiger partial charge in [-0.3, -0.25) is 4.90 Å². The minimum atomic E-state index is -0.462. The molecule has 0 spiro atoms. The van der Waals surface area contributed by atoms with Gasteiger partial charge in [0.15, 0.2) is 6.10 Å². The van der Waals surface area contributed by atoms with Crippen molar-refractivity contribution in [3.63, 3.8) is 0 Å². The Morgan fingerprint density at radius 2 is 1.92 bits per heavy atom. The zero-order valence-electron chi connectivity index (χ0n) is 12.8. The Hall–Kier alpha value is -3.04. The van der Waals surface area contributed by atoms with Crippen LogP contribution >= 0.6 is 0 Å². The molecule has 6 nitrogen and oxygen atoms in total. The molecule has 6 heteroatoms. The molecule has 0 radical (unpaired) electrons. The van der Waals surface area contributed by atoms with Crippen LogP contribution in [-0.2, 0) is 11.3 Å². The number of amides is 1. The highest BCUT2D eigenvalue weighted by Crippen LogP contribution is 2.36. The summed E-state index contributed by atoms with van der Waals surface area (Å²) in [4.78, 5) is 13.5. The monoisotopic (exact) mass is 321 g/mol. The molecule has 1 amide bonds. The Kier molecular flexibility index (Phi) is 3.36. The predicted molar refractivity (Wildman–Crippen MR) is 85.9 cm³/mol. The number of carbonyl (C=O) groups is 1. The lowest BCUT2D eigenvalue weighted by Crippen LogP contribution is -2.46. The van der Waals surface area contributed by atoms with E-state index in [1.165, 1.54) is 0 Å². The van der Waals surface area contributed by atoms with Gasteiger partial charge in [0.1, 0.15) is 5.75 Å². The molecule has 2 aromatic carbocycles. The first-order valence-corrected chi connectivity index (χ1v) is 7.67. The van der Waals surface area contributed by atoms with Crippen molar-refractivity contribution in [3.8, 4) is 22.9 Å². The minimum absolute atomic E-state index is 0.228. The van der Waals surface area contributed by atoms with Gasteiger partial charge in [-0.2, -0.15) is 5.26 Å². The highest BCUT2D eigenvalue weighted by atomic mass is 16.6. The first-order valence-electron chi connectivity index (χ1n) is 7.67. The van der Waals surface area contributed by atoms with Crippen molar-refractivity contribution in [3.05, 3.63) is 53.6 Å². The third-order valence-electron chi connectivity index (χ3n) is 4.34. The molecular formula is C18H15N3O3. The largest absolute Gasteiger partial charge is 0.466 e. The van der Waals surface area contributed by atoms with Crippen LogP contribution in [0.1, 0.15) is 11.1 Å². The molecule has 0 saturated carbocycles. The highest BCUT2D eigenvalue weighted by Gasteiger charge is 2.45. The molecule has 0 aromatic heterocycles. The Balaban J connectivity index is 1.66. The summed E-state index contributed by atoms with van der Waals surface area (Å²) in [6, 6.07) is 15.3. The van der Waals surface area contributed by atoms with E-state index in [-0.39, 0.29) is 6.54 Å². The molecule has 2 aliphatic heterocycles. The summed E-state index contributed by atoms with van der Waals surface area (Å²) < 4.78 is 11.1. The van der Waals surface area contributed by atoms with Gasteiger partial charge in [-0.15, -0.1) is 0 Å². The van der Waals surface area contributed by atoms with Crippen molar-refractivity contribution in [2.24, 2.45) is 5.73 Å². The molecule has 1 saturated heterocycles. The molecule has 120 valence electrons. The summed E-state index contributed by atoms with van der Waals surface area (Å²) in [5.74, 6) is 0.741. The number of carbonyl (C=O) groups excluding carboxylic acids is 1. The summed E-state index contributed by atoms with van der Waals surface area (Å²) in [5.41, 5.74) is 9.19. The molecular weight excluding hydrogens is 306 g/mol. The zero-order valence-corrected chi connectivity index (χ0v) is 12.8. The van der Waals surface area contributed by atoms with Crippen molar-refractivity contribution < 1.29 is 14.3 Å². The minimum Gasteiger partial charge on any atom is -0.466 e. The summed E-state index contributed by atoms with van der Waals surface area (Å²) in [6.07, 6.45) is -1.30. The number of fused-ring (bicyclic) bond motifs is 2. The number of benzene rings is 2. The number of rotatable bonds is 2. The van der Waals surface area contributed by atoms with Crippen LogP contribution in [-0.4, -0.2) is 29.9 Å².